The van der Waals surface area contributed by atoms with Crippen LogP contribution in [0.3, 0.4) is 0 Å². The molecule has 3 nitrogen and oxygen atoms in total. The van der Waals surface area contributed by atoms with Crippen molar-refractivity contribution in [3.05, 3.63) is 0 Å². The summed E-state index contributed by atoms with van der Waals surface area (Å²) >= 11 is 0. The summed E-state index contributed by atoms with van der Waals surface area (Å²) in [6.45, 7) is 4.96. The molecule has 1 aliphatic heterocycles. The van der Waals surface area contributed by atoms with Crippen LogP contribution in [-0.4, -0.2) is 36.7 Å². The van der Waals surface area contributed by atoms with Gasteiger partial charge in [-0.3, -0.25) is 4.90 Å². The molecule has 0 N–H and O–H groups in total. The first-order chi connectivity index (χ1) is 6.20. The van der Waals surface area contributed by atoms with Crippen LogP contribution in [0.15, 0.2) is 0 Å². The number of nitrogens with zero attached hydrogens (tertiary/aromatic N) is 2. The van der Waals surface area contributed by atoms with Gasteiger partial charge in [-0.15, -0.1) is 0 Å². The molecule has 3 heteroatoms. The Hall–Kier alpha value is -0.590. The van der Waals surface area contributed by atoms with Gasteiger partial charge in [0, 0.05) is 12.6 Å². The first kappa shape index (κ1) is 10.5. The van der Waals surface area contributed by atoms with Crippen LogP contribution in [0.25, 0.3) is 0 Å². The smallest absolute Gasteiger partial charge is 0.0976 e. The highest BCUT2D eigenvalue weighted by Crippen LogP contribution is 2.20. The Morgan fingerprint density at radius 1 is 1.69 bits per heavy atom. The lowest BCUT2D eigenvalue weighted by Gasteiger charge is -2.29. The molecular weight excluding hydrogens is 164 g/mol. The molecule has 1 rings (SSSR count). The third-order valence-electron chi connectivity index (χ3n) is 2.89. The summed E-state index contributed by atoms with van der Waals surface area (Å²) in [7, 11) is 2.02. The van der Waals surface area contributed by atoms with Crippen molar-refractivity contribution >= 4 is 0 Å². The van der Waals surface area contributed by atoms with Gasteiger partial charge in [0.2, 0.25) is 0 Å². The van der Waals surface area contributed by atoms with Gasteiger partial charge in [-0.05, 0) is 26.8 Å². The number of hydrogen-bond acceptors (Lipinski definition) is 3. The van der Waals surface area contributed by atoms with Gasteiger partial charge in [0.1, 0.15) is 0 Å². The zero-order valence-corrected chi connectivity index (χ0v) is 8.66. The van der Waals surface area contributed by atoms with Crippen molar-refractivity contribution in [2.45, 2.75) is 44.9 Å². The molecule has 3 unspecified atom stereocenters. The summed E-state index contributed by atoms with van der Waals surface area (Å²) in [6.07, 6.45) is 2.21. The van der Waals surface area contributed by atoms with Crippen LogP contribution >= 0.6 is 0 Å². The number of nitriles is 1. The molecule has 1 fully saturated rings. The van der Waals surface area contributed by atoms with Crippen molar-refractivity contribution in [3.63, 3.8) is 0 Å². The molecule has 1 saturated heterocycles. The standard InChI is InChI=1S/C10H18N2O/c1-4-9(7-11)12(3)10-5-6-13-8(10)2/h8-10H,4-6H2,1-3H3. The number of likely N-dealkylation sites (N-methyl/N-ethyl adjacent to an activating group) is 1. The molecule has 13 heavy (non-hydrogen) atoms. The summed E-state index contributed by atoms with van der Waals surface area (Å²) in [6, 6.07) is 2.78. The van der Waals surface area contributed by atoms with Crippen molar-refractivity contribution in [1.29, 1.82) is 5.26 Å². The molecule has 0 amide bonds. The molecular formula is C10H18N2O. The fraction of sp³-hybridized carbons (Fsp3) is 0.900. The van der Waals surface area contributed by atoms with Gasteiger partial charge < -0.3 is 4.74 Å². The Balaban J connectivity index is 2.55. The molecule has 0 aromatic rings. The molecule has 0 saturated carbocycles. The average Bonchev–Trinajstić information content (AvgIpc) is 2.53. The Bertz CT molecular complexity index is 200. The Morgan fingerprint density at radius 3 is 2.77 bits per heavy atom. The minimum absolute atomic E-state index is 0.0362. The first-order valence-electron chi connectivity index (χ1n) is 4.93. The highest BCUT2D eigenvalue weighted by molar-refractivity contribution is 4.94. The second-order valence-electron chi connectivity index (χ2n) is 3.65. The fourth-order valence-electron chi connectivity index (χ4n) is 1.96. The van der Waals surface area contributed by atoms with Gasteiger partial charge in [-0.2, -0.15) is 5.26 Å². The molecule has 1 aliphatic rings. The van der Waals surface area contributed by atoms with Gasteiger partial charge in [0.15, 0.2) is 0 Å². The predicted octanol–water partition coefficient (Wildman–Crippen LogP) is 1.40. The van der Waals surface area contributed by atoms with E-state index in [1.807, 2.05) is 14.0 Å². The van der Waals surface area contributed by atoms with Crippen LogP contribution in [0.2, 0.25) is 0 Å². The Morgan fingerprint density at radius 2 is 2.38 bits per heavy atom. The van der Waals surface area contributed by atoms with E-state index >= 15 is 0 Å². The summed E-state index contributed by atoms with van der Waals surface area (Å²) in [4.78, 5) is 2.15. The van der Waals surface area contributed by atoms with Crippen molar-refractivity contribution in [3.8, 4) is 6.07 Å². The van der Waals surface area contributed by atoms with E-state index < -0.39 is 0 Å². The Labute approximate surface area is 80.3 Å². The molecule has 1 heterocycles. The quantitative estimate of drug-likeness (QED) is 0.662. The van der Waals surface area contributed by atoms with E-state index in [-0.39, 0.29) is 12.1 Å². The van der Waals surface area contributed by atoms with Crippen LogP contribution in [-0.2, 0) is 4.74 Å². The predicted molar refractivity (Wildman–Crippen MR) is 51.3 cm³/mol. The number of ether oxygens (including phenoxy) is 1. The maximum Gasteiger partial charge on any atom is 0.0976 e. The third kappa shape index (κ3) is 2.20. The number of hydrogen-bond donors (Lipinski definition) is 0. The highest BCUT2D eigenvalue weighted by Gasteiger charge is 2.30. The van der Waals surface area contributed by atoms with Gasteiger partial charge in [0.25, 0.3) is 0 Å². The topological polar surface area (TPSA) is 36.3 Å². The minimum atomic E-state index is 0.0362. The molecule has 0 radical (unpaired) electrons. The normalized spacial score (nSPS) is 30.4. The largest absolute Gasteiger partial charge is 0.377 e. The summed E-state index contributed by atoms with van der Waals surface area (Å²) in [5.41, 5.74) is 0. The van der Waals surface area contributed by atoms with E-state index in [2.05, 4.69) is 17.9 Å². The van der Waals surface area contributed by atoms with Crippen LogP contribution in [0, 0.1) is 11.3 Å². The van der Waals surface area contributed by atoms with Crippen molar-refractivity contribution < 1.29 is 4.74 Å². The summed E-state index contributed by atoms with van der Waals surface area (Å²) < 4.78 is 5.47. The summed E-state index contributed by atoms with van der Waals surface area (Å²) in [5.74, 6) is 0. The van der Waals surface area contributed by atoms with E-state index in [1.54, 1.807) is 0 Å². The molecule has 74 valence electrons. The fourth-order valence-corrected chi connectivity index (χ4v) is 1.96. The monoisotopic (exact) mass is 182 g/mol. The van der Waals surface area contributed by atoms with E-state index in [9.17, 15) is 0 Å². The van der Waals surface area contributed by atoms with Crippen LogP contribution in [0.4, 0.5) is 0 Å². The van der Waals surface area contributed by atoms with Crippen LogP contribution < -0.4 is 0 Å². The average molecular weight is 182 g/mol. The first-order valence-corrected chi connectivity index (χ1v) is 4.93. The van der Waals surface area contributed by atoms with Gasteiger partial charge in [-0.25, -0.2) is 0 Å². The summed E-state index contributed by atoms with van der Waals surface area (Å²) in [5, 5.41) is 8.91. The molecule has 0 aliphatic carbocycles. The van der Waals surface area contributed by atoms with Crippen molar-refractivity contribution in [1.82, 2.24) is 4.90 Å². The zero-order chi connectivity index (χ0) is 9.84. The molecule has 0 spiro atoms. The highest BCUT2D eigenvalue weighted by atomic mass is 16.5. The van der Waals surface area contributed by atoms with E-state index in [0.29, 0.717) is 6.04 Å². The SMILES string of the molecule is CCC(C#N)N(C)C1CCOC1C. The zero-order valence-electron chi connectivity index (χ0n) is 8.66. The van der Waals surface area contributed by atoms with Gasteiger partial charge in [-0.1, -0.05) is 6.92 Å². The van der Waals surface area contributed by atoms with Crippen LogP contribution in [0.1, 0.15) is 26.7 Å². The third-order valence-corrected chi connectivity index (χ3v) is 2.89. The number of rotatable bonds is 3. The maximum atomic E-state index is 8.91. The van der Waals surface area contributed by atoms with Gasteiger partial charge >= 0.3 is 0 Å². The lowest BCUT2D eigenvalue weighted by molar-refractivity contribution is 0.0754. The lowest BCUT2D eigenvalue weighted by Crippen LogP contribution is -2.42. The van der Waals surface area contributed by atoms with Crippen molar-refractivity contribution in [2.24, 2.45) is 0 Å². The molecule has 0 bridgehead atoms. The van der Waals surface area contributed by atoms with E-state index in [1.165, 1.54) is 0 Å². The molecule has 3 atom stereocenters. The Kier molecular flexibility index (Phi) is 3.71. The molecule has 0 aromatic heterocycles. The van der Waals surface area contributed by atoms with E-state index in [4.69, 9.17) is 10.00 Å². The second kappa shape index (κ2) is 4.59. The van der Waals surface area contributed by atoms with Crippen LogP contribution in [0.5, 0.6) is 0 Å². The maximum absolute atomic E-state index is 8.91. The van der Waals surface area contributed by atoms with Crippen molar-refractivity contribution in [2.75, 3.05) is 13.7 Å². The van der Waals surface area contributed by atoms with E-state index in [0.717, 1.165) is 19.4 Å². The van der Waals surface area contributed by atoms with Gasteiger partial charge in [0.05, 0.1) is 18.2 Å². The second-order valence-corrected chi connectivity index (χ2v) is 3.65. The lowest BCUT2D eigenvalue weighted by atomic mass is 10.1. The molecule has 0 aromatic carbocycles. The minimum Gasteiger partial charge on any atom is -0.377 e.